The van der Waals surface area contributed by atoms with E-state index in [1.54, 1.807) is 0 Å². The van der Waals surface area contributed by atoms with Crippen molar-refractivity contribution in [3.05, 3.63) is 0 Å². The van der Waals surface area contributed by atoms with Crippen LogP contribution in [0.25, 0.3) is 0 Å². The summed E-state index contributed by atoms with van der Waals surface area (Å²) in [6.45, 7) is 2.71. The van der Waals surface area contributed by atoms with Crippen molar-refractivity contribution in [3.8, 4) is 6.07 Å². The average molecular weight is 125 g/mol. The van der Waals surface area contributed by atoms with Gasteiger partial charge in [-0.2, -0.15) is 5.26 Å². The number of nitrogens with zero attached hydrogens (tertiary/aromatic N) is 1. The van der Waals surface area contributed by atoms with Gasteiger partial charge in [-0.3, -0.25) is 0 Å². The molecule has 0 spiro atoms. The summed E-state index contributed by atoms with van der Waals surface area (Å²) in [7, 11) is 0. The summed E-state index contributed by atoms with van der Waals surface area (Å²) < 4.78 is 5.36. The second-order valence-corrected chi connectivity index (χ2v) is 2.45. The molecule has 1 saturated carbocycles. The Kier molecular flexibility index (Phi) is 1.73. The van der Waals surface area contributed by atoms with Crippen LogP contribution in [-0.4, -0.2) is 12.2 Å². The molecule has 0 radical (unpaired) electrons. The molecule has 1 rings (SSSR count). The molecular weight excluding hydrogens is 114 g/mol. The Morgan fingerprint density at radius 1 is 1.67 bits per heavy atom. The summed E-state index contributed by atoms with van der Waals surface area (Å²) in [4.78, 5) is 0. The SMILES string of the molecule is CCOC1(CC#N)CC1. The molecule has 0 atom stereocenters. The first kappa shape index (κ1) is 6.57. The Labute approximate surface area is 55.4 Å². The van der Waals surface area contributed by atoms with E-state index in [4.69, 9.17) is 10.00 Å². The zero-order valence-electron chi connectivity index (χ0n) is 5.68. The molecule has 9 heavy (non-hydrogen) atoms. The summed E-state index contributed by atoms with van der Waals surface area (Å²) in [6, 6.07) is 2.13. The molecular formula is C7H11NO. The predicted molar refractivity (Wildman–Crippen MR) is 33.8 cm³/mol. The topological polar surface area (TPSA) is 33.0 Å². The van der Waals surface area contributed by atoms with Gasteiger partial charge in [-0.25, -0.2) is 0 Å². The Bertz CT molecular complexity index is 132. The standard InChI is InChI=1S/C7H11NO/c1-2-9-7(3-4-7)5-6-8/h2-5H2,1H3. The van der Waals surface area contributed by atoms with Gasteiger partial charge in [0, 0.05) is 6.61 Å². The monoisotopic (exact) mass is 125 g/mol. The molecule has 0 saturated heterocycles. The Balaban J connectivity index is 2.27. The Morgan fingerprint density at radius 2 is 2.33 bits per heavy atom. The molecule has 1 aliphatic rings. The van der Waals surface area contributed by atoms with E-state index in [-0.39, 0.29) is 5.60 Å². The summed E-state index contributed by atoms with van der Waals surface area (Å²) in [5.74, 6) is 0. The minimum atomic E-state index is -0.0104. The highest BCUT2D eigenvalue weighted by atomic mass is 16.5. The fourth-order valence-electron chi connectivity index (χ4n) is 0.962. The molecule has 0 aliphatic heterocycles. The van der Waals surface area contributed by atoms with Crippen molar-refractivity contribution in [3.63, 3.8) is 0 Å². The highest BCUT2D eigenvalue weighted by Gasteiger charge is 2.43. The summed E-state index contributed by atoms with van der Waals surface area (Å²) in [6.07, 6.45) is 2.73. The van der Waals surface area contributed by atoms with Crippen molar-refractivity contribution >= 4 is 0 Å². The zero-order valence-corrected chi connectivity index (χ0v) is 5.68. The lowest BCUT2D eigenvalue weighted by atomic mass is 10.2. The smallest absolute Gasteiger partial charge is 0.0813 e. The minimum absolute atomic E-state index is 0.0104. The number of rotatable bonds is 3. The van der Waals surface area contributed by atoms with Gasteiger partial charge in [-0.05, 0) is 19.8 Å². The number of hydrogen-bond donors (Lipinski definition) is 0. The van der Waals surface area contributed by atoms with E-state index in [2.05, 4.69) is 6.07 Å². The van der Waals surface area contributed by atoms with Gasteiger partial charge >= 0.3 is 0 Å². The van der Waals surface area contributed by atoms with E-state index in [1.807, 2.05) is 6.92 Å². The maximum absolute atomic E-state index is 8.34. The molecule has 0 aromatic heterocycles. The molecule has 0 N–H and O–H groups in total. The molecule has 50 valence electrons. The van der Waals surface area contributed by atoms with Crippen LogP contribution in [0.1, 0.15) is 26.2 Å². The summed E-state index contributed by atoms with van der Waals surface area (Å²) >= 11 is 0. The van der Waals surface area contributed by atoms with E-state index in [9.17, 15) is 0 Å². The molecule has 1 fully saturated rings. The van der Waals surface area contributed by atoms with Gasteiger partial charge in [0.1, 0.15) is 0 Å². The van der Waals surface area contributed by atoms with Crippen molar-refractivity contribution in [2.45, 2.75) is 31.8 Å². The van der Waals surface area contributed by atoms with Gasteiger partial charge in [-0.1, -0.05) is 0 Å². The number of ether oxygens (including phenoxy) is 1. The number of nitriles is 1. The van der Waals surface area contributed by atoms with E-state index in [0.29, 0.717) is 6.42 Å². The van der Waals surface area contributed by atoms with E-state index < -0.39 is 0 Å². The second-order valence-electron chi connectivity index (χ2n) is 2.45. The predicted octanol–water partition coefficient (Wildman–Crippen LogP) is 1.47. The van der Waals surface area contributed by atoms with Gasteiger partial charge in [0.25, 0.3) is 0 Å². The lowest BCUT2D eigenvalue weighted by Crippen LogP contribution is -2.12. The molecule has 2 nitrogen and oxygen atoms in total. The average Bonchev–Trinajstić information content (AvgIpc) is 2.51. The van der Waals surface area contributed by atoms with Crippen LogP contribution in [0, 0.1) is 11.3 Å². The second kappa shape index (κ2) is 2.36. The van der Waals surface area contributed by atoms with Crippen molar-refractivity contribution < 1.29 is 4.74 Å². The molecule has 0 aromatic carbocycles. The molecule has 0 heterocycles. The normalized spacial score (nSPS) is 20.9. The largest absolute Gasteiger partial charge is 0.374 e. The zero-order chi connectivity index (χ0) is 6.74. The minimum Gasteiger partial charge on any atom is -0.374 e. The van der Waals surface area contributed by atoms with Gasteiger partial charge in [0.05, 0.1) is 18.1 Å². The van der Waals surface area contributed by atoms with Crippen LogP contribution in [-0.2, 0) is 4.74 Å². The fourth-order valence-corrected chi connectivity index (χ4v) is 0.962. The Hall–Kier alpha value is -0.550. The van der Waals surface area contributed by atoms with Crippen LogP contribution >= 0.6 is 0 Å². The van der Waals surface area contributed by atoms with Crippen molar-refractivity contribution in [1.82, 2.24) is 0 Å². The molecule has 0 unspecified atom stereocenters. The van der Waals surface area contributed by atoms with Crippen LogP contribution in [0.5, 0.6) is 0 Å². The van der Waals surface area contributed by atoms with Crippen LogP contribution in [0.2, 0.25) is 0 Å². The van der Waals surface area contributed by atoms with Crippen LogP contribution in [0.4, 0.5) is 0 Å². The van der Waals surface area contributed by atoms with Crippen molar-refractivity contribution in [2.24, 2.45) is 0 Å². The first-order valence-corrected chi connectivity index (χ1v) is 3.34. The van der Waals surface area contributed by atoms with E-state index >= 15 is 0 Å². The first-order chi connectivity index (χ1) is 4.33. The molecule has 0 bridgehead atoms. The van der Waals surface area contributed by atoms with Gasteiger partial charge in [-0.15, -0.1) is 0 Å². The maximum atomic E-state index is 8.34. The van der Waals surface area contributed by atoms with Gasteiger partial charge < -0.3 is 4.74 Å². The molecule has 0 aromatic rings. The fraction of sp³-hybridized carbons (Fsp3) is 0.857. The third-order valence-corrected chi connectivity index (χ3v) is 1.66. The van der Waals surface area contributed by atoms with Crippen molar-refractivity contribution in [2.75, 3.05) is 6.61 Å². The Morgan fingerprint density at radius 3 is 2.67 bits per heavy atom. The van der Waals surface area contributed by atoms with Crippen LogP contribution in [0.15, 0.2) is 0 Å². The third-order valence-electron chi connectivity index (χ3n) is 1.66. The van der Waals surface area contributed by atoms with E-state index in [0.717, 1.165) is 19.4 Å². The van der Waals surface area contributed by atoms with E-state index in [1.165, 1.54) is 0 Å². The molecule has 2 heteroatoms. The van der Waals surface area contributed by atoms with Gasteiger partial charge in [0.2, 0.25) is 0 Å². The quantitative estimate of drug-likeness (QED) is 0.572. The highest BCUT2D eigenvalue weighted by Crippen LogP contribution is 2.42. The lowest BCUT2D eigenvalue weighted by molar-refractivity contribution is 0.0456. The van der Waals surface area contributed by atoms with Crippen LogP contribution < -0.4 is 0 Å². The molecule has 0 amide bonds. The maximum Gasteiger partial charge on any atom is 0.0813 e. The van der Waals surface area contributed by atoms with Crippen molar-refractivity contribution in [1.29, 1.82) is 5.26 Å². The third kappa shape index (κ3) is 1.43. The number of hydrogen-bond acceptors (Lipinski definition) is 2. The highest BCUT2D eigenvalue weighted by molar-refractivity contribution is 5.01. The summed E-state index contributed by atoms with van der Waals surface area (Å²) in [5, 5.41) is 8.34. The van der Waals surface area contributed by atoms with Crippen LogP contribution in [0.3, 0.4) is 0 Å². The molecule has 1 aliphatic carbocycles. The summed E-state index contributed by atoms with van der Waals surface area (Å²) in [5.41, 5.74) is -0.0104. The lowest BCUT2D eigenvalue weighted by Gasteiger charge is -2.08. The van der Waals surface area contributed by atoms with Gasteiger partial charge in [0.15, 0.2) is 0 Å². The first-order valence-electron chi connectivity index (χ1n) is 3.34.